The minimum atomic E-state index is 0.395. The van der Waals surface area contributed by atoms with Crippen molar-refractivity contribution in [3.8, 4) is 0 Å². The zero-order chi connectivity index (χ0) is 9.14. The van der Waals surface area contributed by atoms with Crippen molar-refractivity contribution in [1.82, 2.24) is 15.0 Å². The Morgan fingerprint density at radius 1 is 1.33 bits per heavy atom. The van der Waals surface area contributed by atoms with Crippen LogP contribution in [-0.2, 0) is 0 Å². The van der Waals surface area contributed by atoms with Gasteiger partial charge in [-0.1, -0.05) is 24.9 Å². The van der Waals surface area contributed by atoms with E-state index in [1.165, 1.54) is 0 Å². The predicted octanol–water partition coefficient (Wildman–Crippen LogP) is 1.02. The van der Waals surface area contributed by atoms with E-state index in [2.05, 4.69) is 45.3 Å². The predicted molar refractivity (Wildman–Crippen MR) is 50.9 cm³/mol. The molecule has 1 aromatic heterocycles. The summed E-state index contributed by atoms with van der Waals surface area (Å²) in [5.74, 6) is 0.530. The molecule has 1 rings (SSSR count). The van der Waals surface area contributed by atoms with Gasteiger partial charge < -0.3 is 0 Å². The second-order valence-electron chi connectivity index (χ2n) is 3.63. The average molecular weight is 164 g/mol. The lowest BCUT2D eigenvalue weighted by atomic mass is 9.64. The van der Waals surface area contributed by atoms with E-state index in [-0.39, 0.29) is 0 Å². The third-order valence-electron chi connectivity index (χ3n) is 1.56. The van der Waals surface area contributed by atoms with Gasteiger partial charge in [0.05, 0.1) is 0 Å². The Balaban J connectivity index is 2.64. The quantitative estimate of drug-likeness (QED) is 0.624. The van der Waals surface area contributed by atoms with E-state index in [9.17, 15) is 0 Å². The van der Waals surface area contributed by atoms with Gasteiger partial charge in [0.2, 0.25) is 0 Å². The molecule has 65 valence electrons. The molecule has 12 heavy (non-hydrogen) atoms. The molecule has 1 heterocycles. The SMILES string of the molecule is CC(C)[B]c1cn(C(C)C)nn1. The normalized spacial score (nSPS) is 11.2. The third-order valence-corrected chi connectivity index (χ3v) is 1.56. The van der Waals surface area contributed by atoms with E-state index in [0.717, 1.165) is 5.59 Å². The van der Waals surface area contributed by atoms with Gasteiger partial charge in [-0.25, -0.2) is 0 Å². The van der Waals surface area contributed by atoms with E-state index in [1.54, 1.807) is 0 Å². The molecule has 0 aliphatic carbocycles. The van der Waals surface area contributed by atoms with Gasteiger partial charge in [0, 0.05) is 17.8 Å². The van der Waals surface area contributed by atoms with E-state index < -0.39 is 0 Å². The lowest BCUT2D eigenvalue weighted by Gasteiger charge is -2.01. The summed E-state index contributed by atoms with van der Waals surface area (Å²) in [6, 6.07) is 0.395. The van der Waals surface area contributed by atoms with Crippen LogP contribution in [0.5, 0.6) is 0 Å². The fraction of sp³-hybridized carbons (Fsp3) is 0.750. The Labute approximate surface area is 74.4 Å². The van der Waals surface area contributed by atoms with E-state index in [0.29, 0.717) is 11.9 Å². The van der Waals surface area contributed by atoms with Crippen molar-refractivity contribution in [3.63, 3.8) is 0 Å². The van der Waals surface area contributed by atoms with E-state index in [4.69, 9.17) is 0 Å². The number of aromatic nitrogens is 3. The fourth-order valence-corrected chi connectivity index (χ4v) is 0.961. The first-order chi connectivity index (χ1) is 5.59. The number of hydrogen-bond acceptors (Lipinski definition) is 2. The summed E-state index contributed by atoms with van der Waals surface area (Å²) in [7, 11) is 2.10. The molecule has 0 saturated carbocycles. The maximum atomic E-state index is 4.04. The third kappa shape index (κ3) is 2.36. The molecule has 0 unspecified atom stereocenters. The highest BCUT2D eigenvalue weighted by Gasteiger charge is 2.06. The molecule has 3 nitrogen and oxygen atoms in total. The standard InChI is InChI=1S/C8H15BN3/c1-6(2)9-8-5-12(7(3)4)11-10-8/h5-7H,1-4H3. The summed E-state index contributed by atoms with van der Waals surface area (Å²) in [5, 5.41) is 8.04. The molecule has 0 saturated heterocycles. The topological polar surface area (TPSA) is 30.7 Å². The van der Waals surface area contributed by atoms with Crippen LogP contribution in [0.25, 0.3) is 0 Å². The van der Waals surface area contributed by atoms with Gasteiger partial charge in [-0.2, -0.15) is 0 Å². The van der Waals surface area contributed by atoms with Crippen LogP contribution in [0.3, 0.4) is 0 Å². The molecular formula is C8H15BN3. The van der Waals surface area contributed by atoms with Gasteiger partial charge in [-0.3, -0.25) is 4.68 Å². The van der Waals surface area contributed by atoms with Crippen molar-refractivity contribution in [2.75, 3.05) is 0 Å². The molecule has 0 aliphatic heterocycles. The number of hydrogen-bond donors (Lipinski definition) is 0. The Hall–Kier alpha value is -0.795. The monoisotopic (exact) mass is 164 g/mol. The van der Waals surface area contributed by atoms with Crippen molar-refractivity contribution in [3.05, 3.63) is 6.20 Å². The Morgan fingerprint density at radius 3 is 2.42 bits per heavy atom. The first-order valence-electron chi connectivity index (χ1n) is 4.36. The van der Waals surface area contributed by atoms with Crippen molar-refractivity contribution >= 4 is 12.9 Å². The van der Waals surface area contributed by atoms with Crippen LogP contribution < -0.4 is 5.59 Å². The summed E-state index contributed by atoms with van der Waals surface area (Å²) in [4.78, 5) is 0. The van der Waals surface area contributed by atoms with Crippen molar-refractivity contribution < 1.29 is 0 Å². The number of rotatable bonds is 3. The van der Waals surface area contributed by atoms with Gasteiger partial charge in [0.1, 0.15) is 0 Å². The summed E-state index contributed by atoms with van der Waals surface area (Å²) in [6.45, 7) is 8.45. The van der Waals surface area contributed by atoms with Gasteiger partial charge in [0.25, 0.3) is 0 Å². The van der Waals surface area contributed by atoms with Crippen LogP contribution in [0.2, 0.25) is 5.82 Å². The van der Waals surface area contributed by atoms with Crippen LogP contribution in [0.1, 0.15) is 33.7 Å². The zero-order valence-corrected chi connectivity index (χ0v) is 8.15. The molecule has 0 aliphatic rings. The minimum Gasteiger partial charge on any atom is -0.251 e. The van der Waals surface area contributed by atoms with Crippen molar-refractivity contribution in [2.24, 2.45) is 0 Å². The van der Waals surface area contributed by atoms with Crippen LogP contribution in [0.4, 0.5) is 0 Å². The first-order valence-corrected chi connectivity index (χ1v) is 4.36. The van der Waals surface area contributed by atoms with Gasteiger partial charge in [0.15, 0.2) is 7.28 Å². The second-order valence-corrected chi connectivity index (χ2v) is 3.63. The maximum absolute atomic E-state index is 4.04. The summed E-state index contributed by atoms with van der Waals surface area (Å²) < 4.78 is 1.87. The van der Waals surface area contributed by atoms with Gasteiger partial charge in [-0.05, 0) is 13.8 Å². The molecule has 0 spiro atoms. The molecule has 1 aromatic rings. The molecule has 1 radical (unpaired) electrons. The van der Waals surface area contributed by atoms with Crippen molar-refractivity contribution in [2.45, 2.75) is 39.6 Å². The van der Waals surface area contributed by atoms with Crippen molar-refractivity contribution in [1.29, 1.82) is 0 Å². The highest BCUT2D eigenvalue weighted by molar-refractivity contribution is 6.53. The zero-order valence-electron chi connectivity index (χ0n) is 8.15. The minimum absolute atomic E-state index is 0.395. The second kappa shape index (κ2) is 3.74. The molecule has 4 heteroatoms. The van der Waals surface area contributed by atoms with Gasteiger partial charge in [-0.15, -0.1) is 5.10 Å². The lowest BCUT2D eigenvalue weighted by molar-refractivity contribution is 0.514. The van der Waals surface area contributed by atoms with Crippen LogP contribution in [-0.4, -0.2) is 22.3 Å². The molecule has 0 bridgehead atoms. The van der Waals surface area contributed by atoms with Crippen LogP contribution in [0, 0.1) is 0 Å². The smallest absolute Gasteiger partial charge is 0.185 e. The molecule has 0 N–H and O–H groups in total. The Bertz CT molecular complexity index is 242. The molecule has 0 aromatic carbocycles. The highest BCUT2D eigenvalue weighted by Crippen LogP contribution is 1.99. The van der Waals surface area contributed by atoms with E-state index in [1.807, 2.05) is 10.9 Å². The lowest BCUT2D eigenvalue weighted by Crippen LogP contribution is -2.17. The number of nitrogens with zero attached hydrogens (tertiary/aromatic N) is 3. The summed E-state index contributed by atoms with van der Waals surface area (Å²) >= 11 is 0. The Morgan fingerprint density at radius 2 is 2.00 bits per heavy atom. The van der Waals surface area contributed by atoms with Crippen LogP contribution >= 0.6 is 0 Å². The summed E-state index contributed by atoms with van der Waals surface area (Å²) in [6.07, 6.45) is 1.98. The molecular weight excluding hydrogens is 149 g/mol. The van der Waals surface area contributed by atoms with Gasteiger partial charge >= 0.3 is 0 Å². The molecule has 0 atom stereocenters. The van der Waals surface area contributed by atoms with Crippen LogP contribution in [0.15, 0.2) is 6.20 Å². The molecule has 0 amide bonds. The largest absolute Gasteiger partial charge is 0.251 e. The first kappa shape index (κ1) is 9.29. The Kier molecular flexibility index (Phi) is 2.90. The fourth-order valence-electron chi connectivity index (χ4n) is 0.961. The highest BCUT2D eigenvalue weighted by atomic mass is 15.4. The van der Waals surface area contributed by atoms with E-state index >= 15 is 0 Å². The summed E-state index contributed by atoms with van der Waals surface area (Å²) in [5.41, 5.74) is 0.971. The maximum Gasteiger partial charge on any atom is 0.185 e. The molecule has 0 fully saturated rings. The average Bonchev–Trinajstić information content (AvgIpc) is 2.34.